The molecule has 0 unspecified atom stereocenters. The molecule has 3 aromatic heterocycles. The summed E-state index contributed by atoms with van der Waals surface area (Å²) < 4.78 is 7.11. The molecule has 32 heavy (non-hydrogen) atoms. The van der Waals surface area contributed by atoms with Gasteiger partial charge in [-0.15, -0.1) is 22.7 Å². The monoisotopic (exact) mass is 459 g/mol. The van der Waals surface area contributed by atoms with E-state index in [2.05, 4.69) is 33.1 Å². The molecule has 1 aromatic carbocycles. The molecule has 0 aliphatic heterocycles. The molecule has 0 atom stereocenters. The second kappa shape index (κ2) is 9.35. The summed E-state index contributed by atoms with van der Waals surface area (Å²) in [5.41, 5.74) is 4.82. The summed E-state index contributed by atoms with van der Waals surface area (Å²) in [7, 11) is 0. The van der Waals surface area contributed by atoms with Crippen LogP contribution in [0.4, 0.5) is 0 Å². The molecular weight excluding hydrogens is 438 g/mol. The number of imidazole rings is 1. The van der Waals surface area contributed by atoms with Crippen LogP contribution in [0.15, 0.2) is 54.2 Å². The summed E-state index contributed by atoms with van der Waals surface area (Å²) in [6, 6.07) is 12.1. The maximum absolute atomic E-state index is 11.9. The first-order chi connectivity index (χ1) is 15.5. The van der Waals surface area contributed by atoms with Crippen LogP contribution in [0.1, 0.15) is 28.8 Å². The zero-order chi connectivity index (χ0) is 22.7. The van der Waals surface area contributed by atoms with Gasteiger partial charge in [0.1, 0.15) is 10.8 Å². The minimum atomic E-state index is -0.362. The van der Waals surface area contributed by atoms with Crippen LogP contribution >= 0.6 is 22.7 Å². The molecule has 0 fully saturated rings. The standard InChI is InChI=1S/C25H21N3O2S2/c1-4-30-24(29)10-8-22-25(19-6-5-18(14-26)13-16(19)2)20(15-31-22)21-7-9-23(32-21)28-12-11-27-17(28)3/h5-13,15H,4H2,1-3H3/b10-8+. The molecular formula is C25H21N3O2S2. The van der Waals surface area contributed by atoms with Gasteiger partial charge < -0.3 is 4.74 Å². The third kappa shape index (κ3) is 4.28. The summed E-state index contributed by atoms with van der Waals surface area (Å²) in [4.78, 5) is 18.3. The molecule has 4 rings (SSSR count). The zero-order valence-corrected chi connectivity index (χ0v) is 19.6. The average molecular weight is 460 g/mol. The van der Waals surface area contributed by atoms with Crippen LogP contribution < -0.4 is 0 Å². The van der Waals surface area contributed by atoms with Crippen molar-refractivity contribution in [2.45, 2.75) is 20.8 Å². The van der Waals surface area contributed by atoms with Crippen LogP contribution in [0, 0.1) is 25.2 Å². The first-order valence-electron chi connectivity index (χ1n) is 10.1. The van der Waals surface area contributed by atoms with Gasteiger partial charge in [0.05, 0.1) is 18.2 Å². The predicted octanol–water partition coefficient (Wildman–Crippen LogP) is 6.39. The minimum absolute atomic E-state index is 0.339. The van der Waals surface area contributed by atoms with Gasteiger partial charge in [-0.25, -0.2) is 9.78 Å². The van der Waals surface area contributed by atoms with E-state index in [1.54, 1.807) is 35.8 Å². The van der Waals surface area contributed by atoms with Crippen molar-refractivity contribution >= 4 is 34.7 Å². The lowest BCUT2D eigenvalue weighted by atomic mass is 9.95. The van der Waals surface area contributed by atoms with E-state index >= 15 is 0 Å². The quantitative estimate of drug-likeness (QED) is 0.247. The Morgan fingerprint density at radius 3 is 2.78 bits per heavy atom. The van der Waals surface area contributed by atoms with Gasteiger partial charge in [0.25, 0.3) is 0 Å². The number of ether oxygens (including phenoxy) is 1. The number of carbonyl (C=O) groups excluding carboxylic acids is 1. The zero-order valence-electron chi connectivity index (χ0n) is 18.0. The number of hydrogen-bond acceptors (Lipinski definition) is 6. The maximum Gasteiger partial charge on any atom is 0.330 e. The third-order valence-electron chi connectivity index (χ3n) is 5.02. The van der Waals surface area contributed by atoms with Gasteiger partial charge in [-0.1, -0.05) is 6.07 Å². The van der Waals surface area contributed by atoms with Crippen LogP contribution in [0.25, 0.3) is 32.6 Å². The molecule has 7 heteroatoms. The fourth-order valence-corrected chi connectivity index (χ4v) is 5.62. The third-order valence-corrected chi connectivity index (χ3v) is 7.09. The van der Waals surface area contributed by atoms with Gasteiger partial charge in [0, 0.05) is 44.7 Å². The molecule has 160 valence electrons. The summed E-state index contributed by atoms with van der Waals surface area (Å²) in [5, 5.41) is 12.5. The molecule has 0 saturated carbocycles. The fourth-order valence-electron chi connectivity index (χ4n) is 3.52. The summed E-state index contributed by atoms with van der Waals surface area (Å²) in [6.45, 7) is 6.11. The van der Waals surface area contributed by atoms with Gasteiger partial charge in [-0.2, -0.15) is 5.26 Å². The number of hydrogen-bond donors (Lipinski definition) is 0. The molecule has 0 spiro atoms. The Labute approximate surface area is 194 Å². The van der Waals surface area contributed by atoms with Crippen molar-refractivity contribution in [3.8, 4) is 32.6 Å². The van der Waals surface area contributed by atoms with E-state index in [1.165, 1.54) is 6.08 Å². The summed E-state index contributed by atoms with van der Waals surface area (Å²) >= 11 is 3.27. The van der Waals surface area contributed by atoms with Gasteiger partial charge in [-0.3, -0.25) is 4.57 Å². The van der Waals surface area contributed by atoms with E-state index < -0.39 is 0 Å². The number of thiophene rings is 2. The summed E-state index contributed by atoms with van der Waals surface area (Å²) in [5.74, 6) is 0.573. The van der Waals surface area contributed by atoms with Crippen LogP contribution in [-0.4, -0.2) is 22.1 Å². The fraction of sp³-hybridized carbons (Fsp3) is 0.160. The Morgan fingerprint density at radius 1 is 1.25 bits per heavy atom. The van der Waals surface area contributed by atoms with Crippen molar-refractivity contribution in [1.29, 1.82) is 5.26 Å². The number of nitrogens with zero attached hydrogens (tertiary/aromatic N) is 3. The lowest BCUT2D eigenvalue weighted by molar-refractivity contribution is -0.137. The summed E-state index contributed by atoms with van der Waals surface area (Å²) in [6.07, 6.45) is 7.03. The SMILES string of the molecule is CCOC(=O)/C=C/c1scc(-c2ccc(-n3ccnc3C)s2)c1-c1ccc(C#N)cc1C. The Morgan fingerprint density at radius 2 is 2.09 bits per heavy atom. The van der Waals surface area contributed by atoms with Gasteiger partial charge in [0.2, 0.25) is 0 Å². The number of benzene rings is 1. The second-order valence-corrected chi connectivity index (χ2v) is 9.07. The Bertz CT molecular complexity index is 1350. The first-order valence-corrected chi connectivity index (χ1v) is 11.8. The molecule has 0 saturated heterocycles. The van der Waals surface area contributed by atoms with Crippen molar-refractivity contribution in [3.05, 3.63) is 76.0 Å². The molecule has 4 aromatic rings. The topological polar surface area (TPSA) is 67.9 Å². The minimum Gasteiger partial charge on any atom is -0.463 e. The van der Waals surface area contributed by atoms with Crippen LogP contribution in [0.3, 0.4) is 0 Å². The second-order valence-electron chi connectivity index (χ2n) is 7.10. The van der Waals surface area contributed by atoms with E-state index in [4.69, 9.17) is 4.74 Å². The number of aromatic nitrogens is 2. The largest absolute Gasteiger partial charge is 0.463 e. The Balaban J connectivity index is 1.83. The number of carbonyl (C=O) groups is 1. The highest BCUT2D eigenvalue weighted by molar-refractivity contribution is 7.18. The van der Waals surface area contributed by atoms with Crippen LogP contribution in [0.2, 0.25) is 0 Å². The first kappa shape index (κ1) is 21.8. The van der Waals surface area contributed by atoms with Gasteiger partial charge in [0.15, 0.2) is 0 Å². The molecule has 5 nitrogen and oxygen atoms in total. The molecule has 0 radical (unpaired) electrons. The molecule has 0 N–H and O–H groups in total. The highest BCUT2D eigenvalue weighted by atomic mass is 32.1. The predicted molar refractivity (Wildman–Crippen MR) is 130 cm³/mol. The number of nitriles is 1. The van der Waals surface area contributed by atoms with E-state index in [0.717, 1.165) is 42.8 Å². The molecule has 0 bridgehead atoms. The average Bonchev–Trinajstić information content (AvgIpc) is 3.51. The molecule has 0 amide bonds. The Hall–Kier alpha value is -3.47. The van der Waals surface area contributed by atoms with E-state index in [-0.39, 0.29) is 5.97 Å². The van der Waals surface area contributed by atoms with E-state index in [0.29, 0.717) is 12.2 Å². The van der Waals surface area contributed by atoms with Crippen molar-refractivity contribution in [2.24, 2.45) is 0 Å². The number of aryl methyl sites for hydroxylation is 2. The van der Waals surface area contributed by atoms with Crippen molar-refractivity contribution in [3.63, 3.8) is 0 Å². The Kier molecular flexibility index (Phi) is 6.35. The van der Waals surface area contributed by atoms with Crippen molar-refractivity contribution in [1.82, 2.24) is 9.55 Å². The highest BCUT2D eigenvalue weighted by Crippen LogP contribution is 2.44. The maximum atomic E-state index is 11.9. The van der Waals surface area contributed by atoms with Crippen molar-refractivity contribution < 1.29 is 9.53 Å². The molecule has 0 aliphatic carbocycles. The highest BCUT2D eigenvalue weighted by Gasteiger charge is 2.18. The molecule has 0 aliphatic rings. The van der Waals surface area contributed by atoms with Gasteiger partial charge >= 0.3 is 5.97 Å². The lowest BCUT2D eigenvalue weighted by Gasteiger charge is -2.09. The smallest absolute Gasteiger partial charge is 0.330 e. The van der Waals surface area contributed by atoms with Gasteiger partial charge in [-0.05, 0) is 62.2 Å². The normalized spacial score (nSPS) is 11.1. The van der Waals surface area contributed by atoms with E-state index in [1.807, 2.05) is 44.3 Å². The van der Waals surface area contributed by atoms with Crippen LogP contribution in [-0.2, 0) is 9.53 Å². The number of esters is 1. The molecule has 3 heterocycles. The van der Waals surface area contributed by atoms with E-state index in [9.17, 15) is 10.1 Å². The lowest BCUT2D eigenvalue weighted by Crippen LogP contribution is -1.98. The van der Waals surface area contributed by atoms with Crippen LogP contribution in [0.5, 0.6) is 0 Å². The van der Waals surface area contributed by atoms with Crippen molar-refractivity contribution in [2.75, 3.05) is 6.61 Å². The number of rotatable bonds is 6.